The molecule has 0 saturated heterocycles. The van der Waals surface area contributed by atoms with Crippen LogP contribution in [0.3, 0.4) is 0 Å². The first-order valence-electron chi connectivity index (χ1n) is 4.99. The van der Waals surface area contributed by atoms with Gasteiger partial charge in [-0.2, -0.15) is 6.54 Å². The van der Waals surface area contributed by atoms with Crippen LogP contribution in [0.5, 0.6) is 0 Å². The van der Waals surface area contributed by atoms with Crippen molar-refractivity contribution in [2.24, 2.45) is 5.41 Å². The molecule has 3 heteroatoms. The van der Waals surface area contributed by atoms with Gasteiger partial charge in [0, 0.05) is 0 Å². The van der Waals surface area contributed by atoms with Crippen molar-refractivity contribution < 1.29 is 37.5 Å². The van der Waals surface area contributed by atoms with E-state index < -0.39 is 0 Å². The molecule has 0 amide bonds. The van der Waals surface area contributed by atoms with Gasteiger partial charge in [-0.15, -0.1) is 11.0 Å². The van der Waals surface area contributed by atoms with Crippen LogP contribution in [0.25, 0.3) is 5.32 Å². The number of hydrogen-bond acceptors (Lipinski definition) is 1. The maximum Gasteiger partial charge on any atom is 3.00 e. The second-order valence-corrected chi connectivity index (χ2v) is 5.26. The van der Waals surface area contributed by atoms with Crippen LogP contribution in [0, 0.1) is 12.3 Å². The molecule has 0 aliphatic carbocycles. The van der Waals surface area contributed by atoms with Gasteiger partial charge in [-0.25, -0.2) is 6.42 Å². The Morgan fingerprint density at radius 1 is 1.13 bits per heavy atom. The molecule has 15 heavy (non-hydrogen) atoms. The topological polar surface area (TPSA) is 31.2 Å². The molecule has 0 radical (unpaired) electrons. The molecule has 0 spiro atoms. The van der Waals surface area contributed by atoms with Crippen molar-refractivity contribution in [1.82, 2.24) is 0 Å². The molecular formula is C12H24NOY. The Morgan fingerprint density at radius 3 is 1.53 bits per heavy atom. The second-order valence-electron chi connectivity index (χ2n) is 5.26. The Labute approximate surface area is 121 Å². The normalized spacial score (nSPS) is 10.9. The summed E-state index contributed by atoms with van der Waals surface area (Å²) in [6.45, 7) is 16.3. The van der Waals surface area contributed by atoms with Gasteiger partial charge in [0.2, 0.25) is 0 Å². The maximum atomic E-state index is 9.70. The van der Waals surface area contributed by atoms with Gasteiger partial charge in [-0.1, -0.05) is 41.5 Å². The average Bonchev–Trinajstić information content (AvgIpc) is 1.99. The molecule has 0 unspecified atom stereocenters. The molecule has 0 aliphatic rings. The van der Waals surface area contributed by atoms with Crippen molar-refractivity contribution in [1.29, 1.82) is 0 Å². The summed E-state index contributed by atoms with van der Waals surface area (Å²) in [5.74, 6) is 0. The van der Waals surface area contributed by atoms with Gasteiger partial charge in [0.15, 0.2) is 0 Å². The average molecular weight is 287 g/mol. The zero-order chi connectivity index (χ0) is 11.8. The van der Waals surface area contributed by atoms with Crippen LogP contribution in [-0.2, 0) is 37.5 Å². The molecule has 0 heterocycles. The molecule has 0 aliphatic heterocycles. The number of rotatable bonds is 2. The third-order valence-corrected chi connectivity index (χ3v) is 1.05. The van der Waals surface area contributed by atoms with Gasteiger partial charge in [0.1, 0.15) is 0 Å². The summed E-state index contributed by atoms with van der Waals surface area (Å²) in [5.41, 5.74) is -0.127. The minimum Gasteiger partial charge on any atom is -0.659 e. The Hall–Kier alpha value is 0.734. The summed E-state index contributed by atoms with van der Waals surface area (Å²) < 4.78 is 0. The monoisotopic (exact) mass is 287 g/mol. The molecule has 0 saturated carbocycles. The number of carbonyl (C=O) groups excluding carboxylic acids is 1. The van der Waals surface area contributed by atoms with E-state index in [1.54, 1.807) is 0 Å². The minimum absolute atomic E-state index is 0. The van der Waals surface area contributed by atoms with Crippen LogP contribution in [-0.4, -0.2) is 18.4 Å². The van der Waals surface area contributed by atoms with E-state index in [1.165, 1.54) is 0 Å². The van der Waals surface area contributed by atoms with Crippen LogP contribution < -0.4 is 0 Å². The van der Waals surface area contributed by atoms with Gasteiger partial charge in [-0.3, -0.25) is 6.29 Å². The van der Waals surface area contributed by atoms with Crippen molar-refractivity contribution >= 4 is 6.29 Å². The molecule has 0 bridgehead atoms. The molecule has 0 rings (SSSR count). The summed E-state index contributed by atoms with van der Waals surface area (Å²) in [6, 6.07) is 0. The van der Waals surface area contributed by atoms with Crippen molar-refractivity contribution in [3.8, 4) is 0 Å². The molecule has 0 N–H and O–H groups in total. The van der Waals surface area contributed by atoms with Gasteiger partial charge in [0.05, 0.1) is 0 Å². The van der Waals surface area contributed by atoms with E-state index in [0.29, 0.717) is 0 Å². The van der Waals surface area contributed by atoms with E-state index in [9.17, 15) is 4.79 Å². The Kier molecular flexibility index (Phi) is 13.9. The number of nitrogens with zero attached hydrogens (tertiary/aromatic N) is 1. The largest absolute Gasteiger partial charge is 3.00 e. The Morgan fingerprint density at radius 2 is 1.47 bits per heavy atom. The maximum absolute atomic E-state index is 9.70. The molecule has 0 aromatic carbocycles. The van der Waals surface area contributed by atoms with Crippen molar-refractivity contribution in [2.75, 3.05) is 6.54 Å². The van der Waals surface area contributed by atoms with Gasteiger partial charge in [-0.05, 0) is 0 Å². The van der Waals surface area contributed by atoms with Gasteiger partial charge in [0.25, 0.3) is 0 Å². The van der Waals surface area contributed by atoms with E-state index in [2.05, 4.69) is 33.0 Å². The molecule has 0 atom stereocenters. The first kappa shape index (κ1) is 21.1. The number of hydrogen-bond donors (Lipinski definition) is 0. The summed E-state index contributed by atoms with van der Waals surface area (Å²) in [7, 11) is 0. The van der Waals surface area contributed by atoms with Crippen molar-refractivity contribution in [3.05, 3.63) is 12.2 Å². The minimum atomic E-state index is -0.264. The molecule has 86 valence electrons. The summed E-state index contributed by atoms with van der Waals surface area (Å²) >= 11 is 0. The van der Waals surface area contributed by atoms with Crippen molar-refractivity contribution in [2.45, 2.75) is 53.5 Å². The third kappa shape index (κ3) is 31.3. The fraction of sp³-hybridized carbons (Fsp3) is 0.833. The fourth-order valence-corrected chi connectivity index (χ4v) is 0.414. The predicted octanol–water partition coefficient (Wildman–Crippen LogP) is 3.52. The fourth-order valence-electron chi connectivity index (χ4n) is 0.414. The van der Waals surface area contributed by atoms with Gasteiger partial charge >= 0.3 is 32.7 Å². The molecule has 0 aromatic rings. The van der Waals surface area contributed by atoms with Crippen LogP contribution in [0.1, 0.15) is 48.0 Å². The van der Waals surface area contributed by atoms with Crippen molar-refractivity contribution in [3.63, 3.8) is 0 Å². The van der Waals surface area contributed by atoms with Crippen LogP contribution >= 0.6 is 0 Å². The van der Waals surface area contributed by atoms with Crippen LogP contribution in [0.4, 0.5) is 0 Å². The Bertz CT molecular complexity index is 145. The summed E-state index contributed by atoms with van der Waals surface area (Å²) in [4.78, 5) is 9.70. The predicted molar refractivity (Wildman–Crippen MR) is 63.1 cm³/mol. The molecule has 0 fully saturated rings. The smallest absolute Gasteiger partial charge is 0.659 e. The van der Waals surface area contributed by atoms with E-state index in [4.69, 9.17) is 0 Å². The molecular weight excluding hydrogens is 263 g/mol. The standard InChI is InChI=1S/C7H15N.C5H9O.Y/c1-5-6-8-7(2,3)4;1-5(2,3)4-6;/h1,5-6H2,2-4H3;1-3H3;/q-2;-1;+3. The zero-order valence-electron chi connectivity index (χ0n) is 11.1. The second kappa shape index (κ2) is 9.92. The van der Waals surface area contributed by atoms with E-state index in [0.717, 1.165) is 13.0 Å². The zero-order valence-corrected chi connectivity index (χ0v) is 13.9. The molecule has 2 nitrogen and oxygen atoms in total. The quantitative estimate of drug-likeness (QED) is 0.715. The Balaban J connectivity index is -0.000000187. The first-order chi connectivity index (χ1) is 6.12. The SMILES string of the molecule is CC(C)(C)[C-]=O.[CH2-]CC[N-]C(C)(C)C.[Y+3]. The molecule has 0 aromatic heterocycles. The van der Waals surface area contributed by atoms with E-state index in [1.807, 2.05) is 27.1 Å². The van der Waals surface area contributed by atoms with Crippen LogP contribution in [0.15, 0.2) is 0 Å². The van der Waals surface area contributed by atoms with Gasteiger partial charge < -0.3 is 17.0 Å². The van der Waals surface area contributed by atoms with E-state index in [-0.39, 0.29) is 43.7 Å². The van der Waals surface area contributed by atoms with Crippen LogP contribution in [0.2, 0.25) is 0 Å². The first-order valence-corrected chi connectivity index (χ1v) is 4.99. The summed E-state index contributed by atoms with van der Waals surface area (Å²) in [5, 5.41) is 4.31. The third-order valence-electron chi connectivity index (χ3n) is 1.05. The summed E-state index contributed by atoms with van der Waals surface area (Å²) in [6.07, 6.45) is 2.77. The van der Waals surface area contributed by atoms with E-state index >= 15 is 0 Å².